The lowest BCUT2D eigenvalue weighted by atomic mass is 9.91. The average Bonchev–Trinajstić information content (AvgIpc) is 3.33. The maximum Gasteiger partial charge on any atom is 0.258 e. The van der Waals surface area contributed by atoms with Crippen molar-refractivity contribution in [3.8, 4) is 22.6 Å². The van der Waals surface area contributed by atoms with E-state index in [1.807, 2.05) is 60.7 Å². The molecule has 1 atom stereocenters. The molecule has 3 aromatic carbocycles. The largest absolute Gasteiger partial charge is 0.497 e. The van der Waals surface area contributed by atoms with E-state index in [4.69, 9.17) is 14.6 Å². The third-order valence-corrected chi connectivity index (χ3v) is 6.85. The van der Waals surface area contributed by atoms with Crippen molar-refractivity contribution in [3.05, 3.63) is 92.7 Å². The Morgan fingerprint density at radius 3 is 2.50 bits per heavy atom. The minimum Gasteiger partial charge on any atom is -0.497 e. The van der Waals surface area contributed by atoms with Crippen LogP contribution in [-0.2, 0) is 4.79 Å². The summed E-state index contributed by atoms with van der Waals surface area (Å²) in [6.45, 7) is 1.47. The van der Waals surface area contributed by atoms with Gasteiger partial charge in [-0.1, -0.05) is 46.3 Å². The number of benzene rings is 3. The Bertz CT molecular complexity index is 1560. The number of halogens is 1. The van der Waals surface area contributed by atoms with Crippen LogP contribution in [0.15, 0.2) is 81.1 Å². The van der Waals surface area contributed by atoms with E-state index in [9.17, 15) is 9.59 Å². The normalized spacial score (nSPS) is 15.2. The van der Waals surface area contributed by atoms with E-state index in [1.54, 1.807) is 20.3 Å². The SMILES string of the molecule is COc1ccc([C@H]2CC(c3c(-c4ccccc4)c4cc(Br)ccc4[nH]c3=O)=NN2C(C)=O)c(OC)c1. The van der Waals surface area contributed by atoms with E-state index in [-0.39, 0.29) is 11.5 Å². The molecule has 8 heteroatoms. The summed E-state index contributed by atoms with van der Waals surface area (Å²) in [7, 11) is 3.16. The molecule has 1 N–H and O–H groups in total. The first-order valence-electron chi connectivity index (χ1n) is 11.4. The Kier molecular flexibility index (Phi) is 6.36. The number of nitrogens with one attached hydrogen (secondary N) is 1. The Morgan fingerprint density at radius 2 is 1.81 bits per heavy atom. The van der Waals surface area contributed by atoms with E-state index in [2.05, 4.69) is 20.9 Å². The summed E-state index contributed by atoms with van der Waals surface area (Å²) in [4.78, 5) is 29.2. The quantitative estimate of drug-likeness (QED) is 0.350. The van der Waals surface area contributed by atoms with Crippen LogP contribution in [0.1, 0.15) is 30.5 Å². The van der Waals surface area contributed by atoms with Crippen LogP contribution < -0.4 is 15.0 Å². The van der Waals surface area contributed by atoms with Crippen LogP contribution in [0.3, 0.4) is 0 Å². The summed E-state index contributed by atoms with van der Waals surface area (Å²) in [6.07, 6.45) is 0.352. The van der Waals surface area contributed by atoms with Gasteiger partial charge in [0.1, 0.15) is 11.5 Å². The van der Waals surface area contributed by atoms with Gasteiger partial charge in [0.15, 0.2) is 0 Å². The minimum atomic E-state index is -0.431. The summed E-state index contributed by atoms with van der Waals surface area (Å²) >= 11 is 3.56. The van der Waals surface area contributed by atoms with E-state index in [0.717, 1.165) is 32.1 Å². The topological polar surface area (TPSA) is 84.0 Å². The van der Waals surface area contributed by atoms with Crippen molar-refractivity contribution in [2.24, 2.45) is 5.10 Å². The maximum absolute atomic E-state index is 13.5. The first kappa shape index (κ1) is 23.8. The zero-order valence-corrected chi connectivity index (χ0v) is 21.6. The molecule has 0 saturated carbocycles. The predicted octanol–water partition coefficient (Wildman–Crippen LogP) is 5.67. The lowest BCUT2D eigenvalue weighted by Crippen LogP contribution is -2.24. The van der Waals surface area contributed by atoms with Crippen LogP contribution in [-0.4, -0.2) is 35.8 Å². The molecule has 1 aliphatic heterocycles. The minimum absolute atomic E-state index is 0.228. The van der Waals surface area contributed by atoms with Gasteiger partial charge in [-0.25, -0.2) is 5.01 Å². The molecule has 0 saturated heterocycles. The third kappa shape index (κ3) is 4.18. The van der Waals surface area contributed by atoms with E-state index < -0.39 is 6.04 Å². The standard InChI is InChI=1S/C28H24BrN3O4/c1-16(33)32-24(20-11-10-19(35-2)14-25(20)36-3)15-23(31-32)27-26(17-7-5-4-6-8-17)21-13-18(29)9-12-22(21)30-28(27)34/h4-14,24H,15H2,1-3H3,(H,30,34)/t24-/m1/s1. The highest BCUT2D eigenvalue weighted by molar-refractivity contribution is 9.10. The van der Waals surface area contributed by atoms with Crippen LogP contribution in [0.4, 0.5) is 0 Å². The Morgan fingerprint density at radius 1 is 1.03 bits per heavy atom. The first-order valence-corrected chi connectivity index (χ1v) is 12.2. The number of hydrazone groups is 1. The van der Waals surface area contributed by atoms with Gasteiger partial charge in [-0.2, -0.15) is 5.10 Å². The first-order chi connectivity index (χ1) is 17.4. The molecule has 0 unspecified atom stereocenters. The molecule has 0 spiro atoms. The summed E-state index contributed by atoms with van der Waals surface area (Å²) in [5.41, 5.74) is 3.91. The van der Waals surface area contributed by atoms with Crippen LogP contribution in [0.5, 0.6) is 11.5 Å². The number of hydrogen-bond acceptors (Lipinski definition) is 5. The highest BCUT2D eigenvalue weighted by atomic mass is 79.9. The molecule has 7 nitrogen and oxygen atoms in total. The van der Waals surface area contributed by atoms with Crippen LogP contribution >= 0.6 is 15.9 Å². The van der Waals surface area contributed by atoms with Crippen LogP contribution in [0.25, 0.3) is 22.0 Å². The molecule has 36 heavy (non-hydrogen) atoms. The maximum atomic E-state index is 13.5. The number of nitrogens with zero attached hydrogens (tertiary/aromatic N) is 2. The zero-order valence-electron chi connectivity index (χ0n) is 20.0. The van der Waals surface area contributed by atoms with Crippen LogP contribution in [0.2, 0.25) is 0 Å². The second-order valence-corrected chi connectivity index (χ2v) is 9.41. The number of fused-ring (bicyclic) bond motifs is 1. The monoisotopic (exact) mass is 545 g/mol. The second kappa shape index (κ2) is 9.62. The molecule has 0 bridgehead atoms. The number of carbonyl (C=O) groups is 1. The summed E-state index contributed by atoms with van der Waals surface area (Å²) < 4.78 is 11.8. The molecule has 0 fully saturated rings. The van der Waals surface area contributed by atoms with Crippen molar-refractivity contribution >= 4 is 38.5 Å². The summed E-state index contributed by atoms with van der Waals surface area (Å²) in [5, 5.41) is 7.00. The van der Waals surface area contributed by atoms with Gasteiger partial charge < -0.3 is 14.5 Å². The predicted molar refractivity (Wildman–Crippen MR) is 144 cm³/mol. The lowest BCUT2D eigenvalue weighted by molar-refractivity contribution is -0.130. The third-order valence-electron chi connectivity index (χ3n) is 6.36. The van der Waals surface area contributed by atoms with E-state index in [1.165, 1.54) is 11.9 Å². The van der Waals surface area contributed by atoms with Crippen molar-refractivity contribution < 1.29 is 14.3 Å². The molecule has 1 aliphatic rings. The second-order valence-electron chi connectivity index (χ2n) is 8.50. The Balaban J connectivity index is 1.72. The molecule has 0 aliphatic carbocycles. The number of rotatable bonds is 5. The molecule has 4 aromatic rings. The number of H-pyrrole nitrogens is 1. The number of carbonyl (C=O) groups excluding carboxylic acids is 1. The summed E-state index contributed by atoms with van der Waals surface area (Å²) in [6, 6.07) is 20.6. The molecule has 1 aromatic heterocycles. The summed E-state index contributed by atoms with van der Waals surface area (Å²) in [5.74, 6) is 1.00. The molecular weight excluding hydrogens is 522 g/mol. The molecule has 5 rings (SSSR count). The highest BCUT2D eigenvalue weighted by Crippen LogP contribution is 2.41. The van der Waals surface area contributed by atoms with Crippen molar-refractivity contribution in [3.63, 3.8) is 0 Å². The smallest absolute Gasteiger partial charge is 0.258 e. The highest BCUT2D eigenvalue weighted by Gasteiger charge is 2.35. The van der Waals surface area contributed by atoms with Gasteiger partial charge in [-0.15, -0.1) is 0 Å². The van der Waals surface area contributed by atoms with Crippen molar-refractivity contribution in [2.75, 3.05) is 14.2 Å². The number of ether oxygens (including phenoxy) is 2. The molecule has 1 amide bonds. The zero-order chi connectivity index (χ0) is 25.4. The van der Waals surface area contributed by atoms with Crippen molar-refractivity contribution in [2.45, 2.75) is 19.4 Å². The fourth-order valence-corrected chi connectivity index (χ4v) is 5.09. The lowest BCUT2D eigenvalue weighted by Gasteiger charge is -2.22. The van der Waals surface area contributed by atoms with Gasteiger partial charge in [0.25, 0.3) is 5.56 Å². The number of pyridine rings is 1. The number of amides is 1. The van der Waals surface area contributed by atoms with Gasteiger partial charge in [-0.3, -0.25) is 9.59 Å². The van der Waals surface area contributed by atoms with Gasteiger partial charge in [0.2, 0.25) is 5.91 Å². The van der Waals surface area contributed by atoms with Gasteiger partial charge in [0, 0.05) is 45.9 Å². The fourth-order valence-electron chi connectivity index (χ4n) is 4.73. The molecular formula is C28H24BrN3O4. The van der Waals surface area contributed by atoms with Crippen molar-refractivity contribution in [1.29, 1.82) is 0 Å². The molecule has 182 valence electrons. The number of methoxy groups -OCH3 is 2. The fraction of sp³-hybridized carbons (Fsp3) is 0.179. The Hall–Kier alpha value is -3.91. The number of hydrogen-bond donors (Lipinski definition) is 1. The van der Waals surface area contributed by atoms with Crippen molar-refractivity contribution in [1.82, 2.24) is 9.99 Å². The Labute approximate surface area is 216 Å². The number of aromatic amines is 1. The van der Waals surface area contributed by atoms with Crippen LogP contribution in [0, 0.1) is 0 Å². The molecule has 2 heterocycles. The van der Waals surface area contributed by atoms with Gasteiger partial charge >= 0.3 is 0 Å². The van der Waals surface area contributed by atoms with Gasteiger partial charge in [0.05, 0.1) is 31.5 Å². The van der Waals surface area contributed by atoms with E-state index >= 15 is 0 Å². The van der Waals surface area contributed by atoms with Gasteiger partial charge in [-0.05, 0) is 35.9 Å². The number of aromatic nitrogens is 1. The van der Waals surface area contributed by atoms with E-state index in [0.29, 0.717) is 29.2 Å². The average molecular weight is 546 g/mol. The molecule has 0 radical (unpaired) electrons.